The Morgan fingerprint density at radius 3 is 2.83 bits per heavy atom. The standard InChI is InChI=1S/C16H21N5O2/c1-2-3-10-21-15(18-19-20-21)11-23-14-8-6-13(7-9-14)17-16(22)12-4-5-12/h6-9,12H,2-5,10-11H2,1H3,(H,17,22). The van der Waals surface area contributed by atoms with Gasteiger partial charge in [-0.05, 0) is 54.0 Å². The van der Waals surface area contributed by atoms with E-state index in [0.717, 1.165) is 43.7 Å². The van der Waals surface area contributed by atoms with Crippen LogP contribution in [0.3, 0.4) is 0 Å². The van der Waals surface area contributed by atoms with E-state index in [2.05, 4.69) is 27.8 Å². The lowest BCUT2D eigenvalue weighted by atomic mass is 10.3. The van der Waals surface area contributed by atoms with Crippen molar-refractivity contribution in [1.82, 2.24) is 20.2 Å². The largest absolute Gasteiger partial charge is 0.486 e. The van der Waals surface area contributed by atoms with Crippen molar-refractivity contribution in [3.05, 3.63) is 30.1 Å². The van der Waals surface area contributed by atoms with Crippen molar-refractivity contribution in [2.45, 2.75) is 45.8 Å². The van der Waals surface area contributed by atoms with Crippen LogP contribution in [0.1, 0.15) is 38.4 Å². The van der Waals surface area contributed by atoms with Crippen molar-refractivity contribution >= 4 is 11.6 Å². The number of ether oxygens (including phenoxy) is 1. The number of rotatable bonds is 8. The van der Waals surface area contributed by atoms with Gasteiger partial charge in [-0.15, -0.1) is 5.10 Å². The van der Waals surface area contributed by atoms with Gasteiger partial charge >= 0.3 is 0 Å². The highest BCUT2D eigenvalue weighted by Gasteiger charge is 2.29. The lowest BCUT2D eigenvalue weighted by Crippen LogP contribution is -2.13. The Bertz CT molecular complexity index is 649. The highest BCUT2D eigenvalue weighted by Crippen LogP contribution is 2.30. The molecule has 0 radical (unpaired) electrons. The van der Waals surface area contributed by atoms with Gasteiger partial charge in [0.25, 0.3) is 0 Å². The summed E-state index contributed by atoms with van der Waals surface area (Å²) in [6.45, 7) is 3.25. The van der Waals surface area contributed by atoms with E-state index in [1.165, 1.54) is 0 Å². The van der Waals surface area contributed by atoms with Gasteiger partial charge in [-0.1, -0.05) is 13.3 Å². The van der Waals surface area contributed by atoms with E-state index >= 15 is 0 Å². The third kappa shape index (κ3) is 4.28. The fourth-order valence-corrected chi connectivity index (χ4v) is 2.18. The van der Waals surface area contributed by atoms with E-state index in [-0.39, 0.29) is 11.8 Å². The summed E-state index contributed by atoms with van der Waals surface area (Å²) in [6, 6.07) is 7.36. The van der Waals surface area contributed by atoms with E-state index < -0.39 is 0 Å². The van der Waals surface area contributed by atoms with Crippen LogP contribution in [-0.2, 0) is 17.9 Å². The van der Waals surface area contributed by atoms with Crippen molar-refractivity contribution in [2.24, 2.45) is 5.92 Å². The number of hydrogen-bond acceptors (Lipinski definition) is 5. The van der Waals surface area contributed by atoms with E-state index in [4.69, 9.17) is 4.74 Å². The molecule has 0 bridgehead atoms. The molecule has 0 spiro atoms. The number of unbranched alkanes of at least 4 members (excludes halogenated alkanes) is 1. The number of hydrogen-bond donors (Lipinski definition) is 1. The Balaban J connectivity index is 1.52. The average Bonchev–Trinajstić information content (AvgIpc) is 3.33. The molecule has 1 aromatic carbocycles. The van der Waals surface area contributed by atoms with E-state index in [9.17, 15) is 4.79 Å². The van der Waals surface area contributed by atoms with Crippen LogP contribution >= 0.6 is 0 Å². The zero-order chi connectivity index (χ0) is 16.1. The van der Waals surface area contributed by atoms with Gasteiger partial charge in [-0.3, -0.25) is 4.79 Å². The summed E-state index contributed by atoms with van der Waals surface area (Å²) >= 11 is 0. The first-order chi connectivity index (χ1) is 11.3. The molecular weight excluding hydrogens is 294 g/mol. The third-order valence-corrected chi connectivity index (χ3v) is 3.77. The zero-order valence-electron chi connectivity index (χ0n) is 13.2. The van der Waals surface area contributed by atoms with E-state index in [1.807, 2.05) is 24.3 Å². The van der Waals surface area contributed by atoms with Crippen molar-refractivity contribution < 1.29 is 9.53 Å². The van der Waals surface area contributed by atoms with Gasteiger partial charge in [0.2, 0.25) is 5.91 Å². The number of aryl methyl sites for hydroxylation is 1. The molecule has 23 heavy (non-hydrogen) atoms. The summed E-state index contributed by atoms with van der Waals surface area (Å²) < 4.78 is 7.49. The Hall–Kier alpha value is -2.44. The third-order valence-electron chi connectivity index (χ3n) is 3.77. The number of amides is 1. The van der Waals surface area contributed by atoms with Crippen LogP contribution in [0.5, 0.6) is 5.75 Å². The van der Waals surface area contributed by atoms with Gasteiger partial charge in [-0.25, -0.2) is 4.68 Å². The number of nitrogens with one attached hydrogen (secondary N) is 1. The smallest absolute Gasteiger partial charge is 0.227 e. The maximum Gasteiger partial charge on any atom is 0.227 e. The minimum absolute atomic E-state index is 0.105. The maximum atomic E-state index is 11.7. The quantitative estimate of drug-likeness (QED) is 0.809. The molecule has 3 rings (SSSR count). The molecule has 0 atom stereocenters. The Labute approximate surface area is 135 Å². The minimum atomic E-state index is 0.105. The lowest BCUT2D eigenvalue weighted by Gasteiger charge is -2.08. The van der Waals surface area contributed by atoms with Crippen molar-refractivity contribution in [2.75, 3.05) is 5.32 Å². The van der Waals surface area contributed by atoms with Crippen LogP contribution in [0.25, 0.3) is 0 Å². The van der Waals surface area contributed by atoms with Crippen LogP contribution in [0.2, 0.25) is 0 Å². The van der Waals surface area contributed by atoms with Gasteiger partial charge in [0.1, 0.15) is 12.4 Å². The molecule has 1 fully saturated rings. The fraction of sp³-hybridized carbons (Fsp3) is 0.500. The maximum absolute atomic E-state index is 11.7. The molecular formula is C16H21N5O2. The predicted octanol–water partition coefficient (Wildman–Crippen LogP) is 2.40. The second-order valence-electron chi connectivity index (χ2n) is 5.75. The summed E-state index contributed by atoms with van der Waals surface area (Å²) in [7, 11) is 0. The lowest BCUT2D eigenvalue weighted by molar-refractivity contribution is -0.117. The Kier molecular flexibility index (Phi) is 4.85. The monoisotopic (exact) mass is 315 g/mol. The van der Waals surface area contributed by atoms with Crippen LogP contribution < -0.4 is 10.1 Å². The van der Waals surface area contributed by atoms with Gasteiger partial charge in [0.05, 0.1) is 0 Å². The second kappa shape index (κ2) is 7.21. The van der Waals surface area contributed by atoms with Gasteiger partial charge in [0, 0.05) is 18.2 Å². The fourth-order valence-electron chi connectivity index (χ4n) is 2.18. The average molecular weight is 315 g/mol. The minimum Gasteiger partial charge on any atom is -0.486 e. The molecule has 0 unspecified atom stereocenters. The molecule has 7 heteroatoms. The number of anilines is 1. The molecule has 1 aromatic heterocycles. The number of aromatic nitrogens is 4. The SMILES string of the molecule is CCCCn1nnnc1COc1ccc(NC(=O)C2CC2)cc1. The summed E-state index contributed by atoms with van der Waals surface area (Å²) in [5.41, 5.74) is 0.794. The number of carbonyl (C=O) groups excluding carboxylic acids is 1. The number of benzene rings is 1. The molecule has 1 aliphatic carbocycles. The summed E-state index contributed by atoms with van der Waals surface area (Å²) in [5.74, 6) is 1.74. The highest BCUT2D eigenvalue weighted by atomic mass is 16.5. The molecule has 7 nitrogen and oxygen atoms in total. The topological polar surface area (TPSA) is 81.9 Å². The molecule has 1 saturated carbocycles. The van der Waals surface area contributed by atoms with Crippen molar-refractivity contribution in [3.8, 4) is 5.75 Å². The van der Waals surface area contributed by atoms with Gasteiger partial charge < -0.3 is 10.1 Å². The molecule has 122 valence electrons. The van der Waals surface area contributed by atoms with Crippen molar-refractivity contribution in [1.29, 1.82) is 0 Å². The summed E-state index contributed by atoms with van der Waals surface area (Å²) in [6.07, 6.45) is 4.13. The molecule has 2 aromatic rings. The van der Waals surface area contributed by atoms with Crippen LogP contribution in [-0.4, -0.2) is 26.1 Å². The van der Waals surface area contributed by atoms with E-state index in [0.29, 0.717) is 12.4 Å². The number of carbonyl (C=O) groups is 1. The Morgan fingerprint density at radius 2 is 2.13 bits per heavy atom. The normalized spacial score (nSPS) is 13.8. The second-order valence-corrected chi connectivity index (χ2v) is 5.75. The summed E-state index contributed by atoms with van der Waals surface area (Å²) in [4.78, 5) is 11.7. The van der Waals surface area contributed by atoms with Crippen molar-refractivity contribution in [3.63, 3.8) is 0 Å². The Morgan fingerprint density at radius 1 is 1.35 bits per heavy atom. The van der Waals surface area contributed by atoms with Gasteiger partial charge in [-0.2, -0.15) is 0 Å². The zero-order valence-corrected chi connectivity index (χ0v) is 13.2. The number of nitrogens with zero attached hydrogens (tertiary/aromatic N) is 4. The van der Waals surface area contributed by atoms with Crippen LogP contribution in [0.15, 0.2) is 24.3 Å². The van der Waals surface area contributed by atoms with Crippen LogP contribution in [0.4, 0.5) is 5.69 Å². The van der Waals surface area contributed by atoms with Crippen LogP contribution in [0, 0.1) is 5.92 Å². The first-order valence-electron chi connectivity index (χ1n) is 8.05. The first kappa shape index (κ1) is 15.5. The summed E-state index contributed by atoms with van der Waals surface area (Å²) in [5, 5.41) is 14.5. The predicted molar refractivity (Wildman–Crippen MR) is 84.9 cm³/mol. The molecule has 0 aliphatic heterocycles. The molecule has 0 saturated heterocycles. The highest BCUT2D eigenvalue weighted by molar-refractivity contribution is 5.94. The molecule has 1 aliphatic rings. The number of tetrazole rings is 1. The molecule has 1 heterocycles. The van der Waals surface area contributed by atoms with Gasteiger partial charge in [0.15, 0.2) is 5.82 Å². The van der Waals surface area contributed by atoms with E-state index in [1.54, 1.807) is 4.68 Å². The first-order valence-corrected chi connectivity index (χ1v) is 8.05. The molecule has 1 amide bonds. The molecule has 1 N–H and O–H groups in total.